The summed E-state index contributed by atoms with van der Waals surface area (Å²) in [6.45, 7) is 3.70. The average Bonchev–Trinajstić information content (AvgIpc) is 2.45. The minimum atomic E-state index is -0.331. The Bertz CT molecular complexity index is 281. The topological polar surface area (TPSA) is 72.9 Å². The van der Waals surface area contributed by atoms with Crippen molar-refractivity contribution in [3.05, 3.63) is 18.2 Å². The Hall–Kier alpha value is -1.36. The Balaban J connectivity index is 2.20. The molecule has 0 atom stereocenters. The zero-order valence-electron chi connectivity index (χ0n) is 7.66. The highest BCUT2D eigenvalue weighted by molar-refractivity contribution is 5.75. The minimum absolute atomic E-state index is 0.230. The van der Waals surface area contributed by atoms with E-state index >= 15 is 0 Å². The fraction of sp³-hybridized carbons (Fsp3) is 0.500. The van der Waals surface area contributed by atoms with Gasteiger partial charge in [-0.2, -0.15) is 0 Å². The van der Waals surface area contributed by atoms with Crippen molar-refractivity contribution in [2.45, 2.75) is 13.5 Å². The molecule has 0 fully saturated rings. The number of aryl methyl sites for hydroxylation is 1. The molecular formula is C8H14N4O. The van der Waals surface area contributed by atoms with Crippen molar-refractivity contribution in [1.82, 2.24) is 14.9 Å². The molecule has 0 aliphatic rings. The third-order valence-electron chi connectivity index (χ3n) is 1.75. The summed E-state index contributed by atoms with van der Waals surface area (Å²) in [5, 5.41) is 2.93. The number of imidazole rings is 1. The van der Waals surface area contributed by atoms with Crippen molar-refractivity contribution in [1.29, 1.82) is 0 Å². The highest BCUT2D eigenvalue weighted by Crippen LogP contribution is 1.92. The molecule has 0 aliphatic heterocycles. The highest BCUT2D eigenvalue weighted by atomic mass is 16.1. The van der Waals surface area contributed by atoms with E-state index in [0.29, 0.717) is 0 Å². The molecule has 13 heavy (non-hydrogen) atoms. The molecule has 0 spiro atoms. The first-order valence-corrected chi connectivity index (χ1v) is 4.17. The summed E-state index contributed by atoms with van der Waals surface area (Å²) in [5.41, 5.74) is 4.96. The Morgan fingerprint density at radius 3 is 3.08 bits per heavy atom. The number of hydrogen-bond donors (Lipinski definition) is 2. The van der Waals surface area contributed by atoms with Crippen LogP contribution in [0.15, 0.2) is 12.4 Å². The molecule has 1 amide bonds. The number of hydrogen-bond acceptors (Lipinski definition) is 3. The predicted molar refractivity (Wildman–Crippen MR) is 49.0 cm³/mol. The lowest BCUT2D eigenvalue weighted by molar-refractivity contribution is -0.117. The first-order valence-electron chi connectivity index (χ1n) is 4.17. The van der Waals surface area contributed by atoms with E-state index < -0.39 is 0 Å². The van der Waals surface area contributed by atoms with E-state index in [9.17, 15) is 4.79 Å². The minimum Gasteiger partial charge on any atom is -0.369 e. The van der Waals surface area contributed by atoms with Crippen LogP contribution in [0.3, 0.4) is 0 Å². The van der Waals surface area contributed by atoms with Gasteiger partial charge in [-0.05, 0) is 6.92 Å². The summed E-state index contributed by atoms with van der Waals surface area (Å²) in [6.07, 6.45) is 3.66. The van der Waals surface area contributed by atoms with E-state index in [1.54, 1.807) is 6.20 Å². The van der Waals surface area contributed by atoms with Gasteiger partial charge in [0.05, 0.1) is 6.54 Å². The monoisotopic (exact) mass is 182 g/mol. The van der Waals surface area contributed by atoms with Crippen LogP contribution in [0.25, 0.3) is 0 Å². The van der Waals surface area contributed by atoms with Gasteiger partial charge in [0.1, 0.15) is 5.82 Å². The van der Waals surface area contributed by atoms with Gasteiger partial charge < -0.3 is 15.6 Å². The Kier molecular flexibility index (Phi) is 3.45. The van der Waals surface area contributed by atoms with E-state index in [0.717, 1.165) is 18.9 Å². The van der Waals surface area contributed by atoms with E-state index in [1.165, 1.54) is 0 Å². The molecule has 0 bridgehead atoms. The molecule has 0 aromatic carbocycles. The van der Waals surface area contributed by atoms with Gasteiger partial charge in [-0.3, -0.25) is 4.79 Å². The van der Waals surface area contributed by atoms with Gasteiger partial charge in [-0.15, -0.1) is 0 Å². The van der Waals surface area contributed by atoms with Crippen LogP contribution in [0.1, 0.15) is 5.82 Å². The molecule has 1 aromatic rings. The number of primary amides is 1. The molecule has 1 rings (SSSR count). The normalized spacial score (nSPS) is 10.2. The SMILES string of the molecule is Cc1nccn1CCNCC(N)=O. The van der Waals surface area contributed by atoms with Gasteiger partial charge in [-0.1, -0.05) is 0 Å². The summed E-state index contributed by atoms with van der Waals surface area (Å²) in [4.78, 5) is 14.4. The van der Waals surface area contributed by atoms with Gasteiger partial charge in [-0.25, -0.2) is 4.98 Å². The molecule has 0 saturated carbocycles. The Labute approximate surface area is 76.9 Å². The summed E-state index contributed by atoms with van der Waals surface area (Å²) in [7, 11) is 0. The largest absolute Gasteiger partial charge is 0.369 e. The number of nitrogens with two attached hydrogens (primary N) is 1. The van der Waals surface area contributed by atoms with Crippen molar-refractivity contribution in [3.8, 4) is 0 Å². The van der Waals surface area contributed by atoms with Crippen molar-refractivity contribution in [3.63, 3.8) is 0 Å². The Morgan fingerprint density at radius 1 is 1.77 bits per heavy atom. The van der Waals surface area contributed by atoms with Crippen LogP contribution >= 0.6 is 0 Å². The fourth-order valence-corrected chi connectivity index (χ4v) is 1.05. The van der Waals surface area contributed by atoms with Crippen molar-refractivity contribution >= 4 is 5.91 Å². The van der Waals surface area contributed by atoms with E-state index in [4.69, 9.17) is 5.73 Å². The van der Waals surface area contributed by atoms with Gasteiger partial charge in [0.2, 0.25) is 5.91 Å². The van der Waals surface area contributed by atoms with Crippen LogP contribution in [0, 0.1) is 6.92 Å². The van der Waals surface area contributed by atoms with Crippen LogP contribution in [0.5, 0.6) is 0 Å². The molecule has 72 valence electrons. The Morgan fingerprint density at radius 2 is 2.54 bits per heavy atom. The fourth-order valence-electron chi connectivity index (χ4n) is 1.05. The van der Waals surface area contributed by atoms with E-state index in [-0.39, 0.29) is 12.5 Å². The number of carbonyl (C=O) groups is 1. The molecular weight excluding hydrogens is 168 g/mol. The molecule has 0 radical (unpaired) electrons. The maximum absolute atomic E-state index is 10.4. The summed E-state index contributed by atoms with van der Waals surface area (Å²) < 4.78 is 2.01. The number of amides is 1. The smallest absolute Gasteiger partial charge is 0.231 e. The van der Waals surface area contributed by atoms with Crippen LogP contribution in [0.4, 0.5) is 0 Å². The summed E-state index contributed by atoms with van der Waals surface area (Å²) in [6, 6.07) is 0. The number of nitrogens with one attached hydrogen (secondary N) is 1. The number of aromatic nitrogens is 2. The number of rotatable bonds is 5. The summed E-state index contributed by atoms with van der Waals surface area (Å²) >= 11 is 0. The molecule has 5 heteroatoms. The zero-order valence-corrected chi connectivity index (χ0v) is 7.66. The second-order valence-corrected chi connectivity index (χ2v) is 2.81. The van der Waals surface area contributed by atoms with Crippen LogP contribution < -0.4 is 11.1 Å². The zero-order chi connectivity index (χ0) is 9.68. The van der Waals surface area contributed by atoms with Crippen molar-refractivity contribution in [2.24, 2.45) is 5.73 Å². The first-order chi connectivity index (χ1) is 6.20. The molecule has 1 aromatic heterocycles. The van der Waals surface area contributed by atoms with Gasteiger partial charge >= 0.3 is 0 Å². The molecule has 1 heterocycles. The average molecular weight is 182 g/mol. The third kappa shape index (κ3) is 3.25. The molecule has 0 saturated heterocycles. The van der Waals surface area contributed by atoms with Crippen LogP contribution in [0.2, 0.25) is 0 Å². The quantitative estimate of drug-likeness (QED) is 0.589. The first kappa shape index (κ1) is 9.73. The van der Waals surface area contributed by atoms with E-state index in [1.807, 2.05) is 17.7 Å². The van der Waals surface area contributed by atoms with Crippen LogP contribution in [-0.2, 0) is 11.3 Å². The number of nitrogens with zero attached hydrogens (tertiary/aromatic N) is 2. The standard InChI is InChI=1S/C8H14N4O/c1-7-11-3-5-12(7)4-2-10-6-8(9)13/h3,5,10H,2,4,6H2,1H3,(H2,9,13). The maximum Gasteiger partial charge on any atom is 0.231 e. The van der Waals surface area contributed by atoms with E-state index in [2.05, 4.69) is 10.3 Å². The number of carbonyl (C=O) groups excluding carboxylic acids is 1. The third-order valence-corrected chi connectivity index (χ3v) is 1.75. The molecule has 3 N–H and O–H groups in total. The molecule has 5 nitrogen and oxygen atoms in total. The lowest BCUT2D eigenvalue weighted by atomic mass is 10.5. The van der Waals surface area contributed by atoms with Crippen LogP contribution in [-0.4, -0.2) is 28.5 Å². The van der Waals surface area contributed by atoms with Crippen molar-refractivity contribution < 1.29 is 4.79 Å². The van der Waals surface area contributed by atoms with Crippen molar-refractivity contribution in [2.75, 3.05) is 13.1 Å². The summed E-state index contributed by atoms with van der Waals surface area (Å²) in [5.74, 6) is 0.642. The van der Waals surface area contributed by atoms with Gasteiger partial charge in [0.15, 0.2) is 0 Å². The van der Waals surface area contributed by atoms with Gasteiger partial charge in [0, 0.05) is 25.5 Å². The second kappa shape index (κ2) is 4.61. The highest BCUT2D eigenvalue weighted by Gasteiger charge is 1.96. The molecule has 0 unspecified atom stereocenters. The second-order valence-electron chi connectivity index (χ2n) is 2.81. The lowest BCUT2D eigenvalue weighted by Crippen LogP contribution is -2.30. The lowest BCUT2D eigenvalue weighted by Gasteiger charge is -2.04. The van der Waals surface area contributed by atoms with Gasteiger partial charge in [0.25, 0.3) is 0 Å². The maximum atomic E-state index is 10.4. The predicted octanol–water partition coefficient (Wildman–Crippen LogP) is -0.734. The molecule has 0 aliphatic carbocycles.